The van der Waals surface area contributed by atoms with E-state index in [9.17, 15) is 14.0 Å². The van der Waals surface area contributed by atoms with Crippen LogP contribution in [0.1, 0.15) is 28.3 Å². The van der Waals surface area contributed by atoms with Crippen molar-refractivity contribution in [2.45, 2.75) is 31.8 Å². The molecular formula is C20H20FN3O2. The molecule has 4 rings (SSSR count). The summed E-state index contributed by atoms with van der Waals surface area (Å²) in [4.78, 5) is 25.2. The van der Waals surface area contributed by atoms with Crippen LogP contribution in [0, 0.1) is 12.7 Å². The third-order valence-electron chi connectivity index (χ3n) is 5.12. The third-order valence-corrected chi connectivity index (χ3v) is 5.12. The largest absolute Gasteiger partial charge is 0.373 e. The molecule has 0 radical (unpaired) electrons. The van der Waals surface area contributed by atoms with E-state index in [1.807, 2.05) is 31.2 Å². The zero-order valence-corrected chi connectivity index (χ0v) is 14.4. The van der Waals surface area contributed by atoms with Crippen LogP contribution in [0.25, 0.3) is 0 Å². The van der Waals surface area contributed by atoms with Gasteiger partial charge in [-0.15, -0.1) is 0 Å². The number of hydrogen-bond donors (Lipinski definition) is 3. The average Bonchev–Trinajstić information content (AvgIpc) is 3.04. The van der Waals surface area contributed by atoms with Crippen molar-refractivity contribution in [3.05, 3.63) is 64.5 Å². The normalized spacial score (nSPS) is 21.1. The second-order valence-corrected chi connectivity index (χ2v) is 6.80. The molecular weight excluding hydrogens is 333 g/mol. The minimum atomic E-state index is -0.738. The molecule has 3 N–H and O–H groups in total. The summed E-state index contributed by atoms with van der Waals surface area (Å²) in [5.74, 6) is -0.844. The standard InChI is InChI=1S/C20H20FN3O2/c1-11-6-7-15(21)14-10-16(23-17(11)14)19(25)24-18-13-5-3-2-4-12(13)8-9-22-20(18)26/h2-7,16,18,23H,8-10H2,1H3,(H,22,26)(H,24,25). The van der Waals surface area contributed by atoms with Gasteiger partial charge in [0.15, 0.2) is 0 Å². The lowest BCUT2D eigenvalue weighted by Gasteiger charge is -2.20. The van der Waals surface area contributed by atoms with Gasteiger partial charge in [-0.05, 0) is 36.1 Å². The molecule has 2 heterocycles. The maximum absolute atomic E-state index is 14.0. The number of anilines is 1. The molecule has 6 heteroatoms. The molecule has 2 aromatic rings. The summed E-state index contributed by atoms with van der Waals surface area (Å²) in [5.41, 5.74) is 3.95. The van der Waals surface area contributed by atoms with Crippen molar-refractivity contribution >= 4 is 17.5 Å². The van der Waals surface area contributed by atoms with Gasteiger partial charge in [-0.25, -0.2) is 4.39 Å². The summed E-state index contributed by atoms with van der Waals surface area (Å²) in [6.45, 7) is 2.42. The number of fused-ring (bicyclic) bond motifs is 2. The molecule has 5 nitrogen and oxygen atoms in total. The van der Waals surface area contributed by atoms with Gasteiger partial charge >= 0.3 is 0 Å². The first-order valence-electron chi connectivity index (χ1n) is 8.75. The summed E-state index contributed by atoms with van der Waals surface area (Å²) < 4.78 is 14.0. The van der Waals surface area contributed by atoms with E-state index in [0.717, 1.165) is 23.1 Å². The smallest absolute Gasteiger partial charge is 0.247 e. The van der Waals surface area contributed by atoms with Gasteiger partial charge in [0, 0.05) is 24.2 Å². The van der Waals surface area contributed by atoms with Gasteiger partial charge in [0.2, 0.25) is 11.8 Å². The van der Waals surface area contributed by atoms with Crippen molar-refractivity contribution in [2.24, 2.45) is 0 Å². The van der Waals surface area contributed by atoms with Crippen LogP contribution in [-0.4, -0.2) is 24.4 Å². The molecule has 0 saturated heterocycles. The van der Waals surface area contributed by atoms with Crippen molar-refractivity contribution in [1.29, 1.82) is 0 Å². The molecule has 2 aromatic carbocycles. The minimum Gasteiger partial charge on any atom is -0.373 e. The molecule has 26 heavy (non-hydrogen) atoms. The Kier molecular flexibility index (Phi) is 4.11. The van der Waals surface area contributed by atoms with Gasteiger partial charge in [-0.1, -0.05) is 30.3 Å². The predicted molar refractivity (Wildman–Crippen MR) is 96.3 cm³/mol. The van der Waals surface area contributed by atoms with Crippen LogP contribution in [0.5, 0.6) is 0 Å². The Morgan fingerprint density at radius 2 is 2.04 bits per heavy atom. The highest BCUT2D eigenvalue weighted by Gasteiger charge is 2.34. The molecule has 134 valence electrons. The van der Waals surface area contributed by atoms with Crippen LogP contribution >= 0.6 is 0 Å². The fourth-order valence-electron chi connectivity index (χ4n) is 3.72. The van der Waals surface area contributed by atoms with Gasteiger partial charge in [-0.2, -0.15) is 0 Å². The van der Waals surface area contributed by atoms with Gasteiger partial charge in [0.1, 0.15) is 17.9 Å². The van der Waals surface area contributed by atoms with Crippen molar-refractivity contribution in [1.82, 2.24) is 10.6 Å². The molecule has 0 bridgehead atoms. The Balaban J connectivity index is 1.56. The molecule has 2 unspecified atom stereocenters. The number of carbonyl (C=O) groups excluding carboxylic acids is 2. The molecule has 0 spiro atoms. The van der Waals surface area contributed by atoms with Crippen LogP contribution in [0.4, 0.5) is 10.1 Å². The van der Waals surface area contributed by atoms with Crippen LogP contribution in [0.3, 0.4) is 0 Å². The fraction of sp³-hybridized carbons (Fsp3) is 0.300. The van der Waals surface area contributed by atoms with Crippen LogP contribution in [0.2, 0.25) is 0 Å². The van der Waals surface area contributed by atoms with Crippen molar-refractivity contribution < 1.29 is 14.0 Å². The highest BCUT2D eigenvalue weighted by Crippen LogP contribution is 2.32. The first-order valence-corrected chi connectivity index (χ1v) is 8.75. The monoisotopic (exact) mass is 353 g/mol. The number of rotatable bonds is 2. The van der Waals surface area contributed by atoms with Crippen molar-refractivity contribution in [3.8, 4) is 0 Å². The Morgan fingerprint density at radius 1 is 1.23 bits per heavy atom. The summed E-state index contributed by atoms with van der Waals surface area (Å²) >= 11 is 0. The average molecular weight is 353 g/mol. The zero-order valence-electron chi connectivity index (χ0n) is 14.4. The fourth-order valence-corrected chi connectivity index (χ4v) is 3.72. The minimum absolute atomic E-state index is 0.221. The van der Waals surface area contributed by atoms with E-state index in [1.54, 1.807) is 6.07 Å². The molecule has 0 aromatic heterocycles. The van der Waals surface area contributed by atoms with Gasteiger partial charge in [0.05, 0.1) is 0 Å². The van der Waals surface area contributed by atoms with Crippen LogP contribution in [0.15, 0.2) is 36.4 Å². The zero-order chi connectivity index (χ0) is 18.3. The van der Waals surface area contributed by atoms with E-state index in [1.165, 1.54) is 6.07 Å². The van der Waals surface area contributed by atoms with E-state index in [4.69, 9.17) is 0 Å². The van der Waals surface area contributed by atoms with Gasteiger partial charge < -0.3 is 16.0 Å². The number of aryl methyl sites for hydroxylation is 1. The Hall–Kier alpha value is -2.89. The van der Waals surface area contributed by atoms with E-state index in [2.05, 4.69) is 16.0 Å². The molecule has 2 aliphatic heterocycles. The number of hydrogen-bond acceptors (Lipinski definition) is 3. The highest BCUT2D eigenvalue weighted by molar-refractivity contribution is 5.93. The summed E-state index contributed by atoms with van der Waals surface area (Å²) in [7, 11) is 0. The first kappa shape index (κ1) is 16.6. The quantitative estimate of drug-likeness (QED) is 0.773. The lowest BCUT2D eigenvalue weighted by atomic mass is 9.98. The topological polar surface area (TPSA) is 70.2 Å². The third kappa shape index (κ3) is 2.81. The predicted octanol–water partition coefficient (Wildman–Crippen LogP) is 2.00. The maximum atomic E-state index is 14.0. The molecule has 2 aliphatic rings. The summed E-state index contributed by atoms with van der Waals surface area (Å²) in [5, 5.41) is 8.79. The van der Waals surface area contributed by atoms with Crippen molar-refractivity contribution in [3.63, 3.8) is 0 Å². The van der Waals surface area contributed by atoms with E-state index in [0.29, 0.717) is 17.8 Å². The highest BCUT2D eigenvalue weighted by atomic mass is 19.1. The molecule has 0 aliphatic carbocycles. The lowest BCUT2D eigenvalue weighted by Crippen LogP contribution is -2.45. The number of amides is 2. The van der Waals surface area contributed by atoms with E-state index >= 15 is 0 Å². The first-order chi connectivity index (χ1) is 12.5. The molecule has 2 amide bonds. The number of benzene rings is 2. The van der Waals surface area contributed by atoms with Crippen LogP contribution < -0.4 is 16.0 Å². The molecule has 0 fully saturated rings. The Bertz CT molecular complexity index is 866. The molecule has 0 saturated carbocycles. The van der Waals surface area contributed by atoms with Crippen molar-refractivity contribution in [2.75, 3.05) is 11.9 Å². The second-order valence-electron chi connectivity index (χ2n) is 6.80. The number of carbonyl (C=O) groups is 2. The summed E-state index contributed by atoms with van der Waals surface area (Å²) in [6.07, 6.45) is 0.997. The lowest BCUT2D eigenvalue weighted by molar-refractivity contribution is -0.129. The number of halogens is 1. The van der Waals surface area contributed by atoms with Crippen LogP contribution in [-0.2, 0) is 22.4 Å². The van der Waals surface area contributed by atoms with Gasteiger partial charge in [0.25, 0.3) is 0 Å². The summed E-state index contributed by atoms with van der Waals surface area (Å²) in [6, 6.07) is 9.40. The van der Waals surface area contributed by atoms with E-state index in [-0.39, 0.29) is 24.1 Å². The Morgan fingerprint density at radius 3 is 2.85 bits per heavy atom. The van der Waals surface area contributed by atoms with Gasteiger partial charge in [-0.3, -0.25) is 9.59 Å². The van der Waals surface area contributed by atoms with E-state index < -0.39 is 12.1 Å². The second kappa shape index (κ2) is 6.44. The number of nitrogens with one attached hydrogen (secondary N) is 3. The SMILES string of the molecule is Cc1ccc(F)c2c1NC(C(=O)NC1C(=O)NCCc3ccccc31)C2. The maximum Gasteiger partial charge on any atom is 0.247 e. The Labute approximate surface area is 151 Å². The molecule has 2 atom stereocenters.